The highest BCUT2D eigenvalue weighted by molar-refractivity contribution is 5.78. The Morgan fingerprint density at radius 2 is 1.88 bits per heavy atom. The molecule has 0 N–H and O–H groups in total. The zero-order chi connectivity index (χ0) is 18.6. The summed E-state index contributed by atoms with van der Waals surface area (Å²) in [5.41, 5.74) is 1.29. The Hall–Kier alpha value is -2.38. The first-order chi connectivity index (χ1) is 11.8. The van der Waals surface area contributed by atoms with Crippen molar-refractivity contribution < 1.29 is 22.5 Å². The molecular formula is C17H20F3N3O2. The molecule has 0 aliphatic heterocycles. The summed E-state index contributed by atoms with van der Waals surface area (Å²) >= 11 is 0. The van der Waals surface area contributed by atoms with E-state index in [2.05, 4.69) is 14.7 Å². The average molecular weight is 355 g/mol. The van der Waals surface area contributed by atoms with E-state index in [1.165, 1.54) is 0 Å². The quantitative estimate of drug-likeness (QED) is 0.781. The number of alkyl halides is 3. The molecule has 2 aromatic rings. The lowest BCUT2D eigenvalue weighted by atomic mass is 10.1. The predicted molar refractivity (Wildman–Crippen MR) is 85.3 cm³/mol. The second kappa shape index (κ2) is 7.67. The minimum atomic E-state index is -4.66. The molecule has 0 radical (unpaired) electrons. The SMILES string of the molecule is CCC(C)C(=O)N(CC)Cc1ccc(-c2noc(C(F)(F)F)n2)cc1. The Labute approximate surface area is 143 Å². The molecular weight excluding hydrogens is 335 g/mol. The maximum Gasteiger partial charge on any atom is 0.471 e. The summed E-state index contributed by atoms with van der Waals surface area (Å²) in [6, 6.07) is 6.71. The lowest BCUT2D eigenvalue weighted by Gasteiger charge is -2.24. The van der Waals surface area contributed by atoms with Crippen molar-refractivity contribution in [2.75, 3.05) is 6.54 Å². The molecule has 0 bridgehead atoms. The number of hydrogen-bond acceptors (Lipinski definition) is 4. The first-order valence-electron chi connectivity index (χ1n) is 8.05. The molecule has 1 heterocycles. The third kappa shape index (κ3) is 4.58. The van der Waals surface area contributed by atoms with E-state index in [9.17, 15) is 18.0 Å². The van der Waals surface area contributed by atoms with Gasteiger partial charge in [0, 0.05) is 24.6 Å². The van der Waals surface area contributed by atoms with Gasteiger partial charge in [0.2, 0.25) is 11.7 Å². The number of carbonyl (C=O) groups excluding carboxylic acids is 1. The number of halogens is 3. The summed E-state index contributed by atoms with van der Waals surface area (Å²) in [6.45, 7) is 6.80. The van der Waals surface area contributed by atoms with Gasteiger partial charge in [0.15, 0.2) is 0 Å². The van der Waals surface area contributed by atoms with Gasteiger partial charge in [-0.1, -0.05) is 43.3 Å². The van der Waals surface area contributed by atoms with Crippen LogP contribution in [0.5, 0.6) is 0 Å². The van der Waals surface area contributed by atoms with Crippen LogP contribution in [0.3, 0.4) is 0 Å². The van der Waals surface area contributed by atoms with Crippen molar-refractivity contribution in [1.29, 1.82) is 0 Å². The Kier molecular flexibility index (Phi) is 5.81. The van der Waals surface area contributed by atoms with E-state index in [0.29, 0.717) is 18.7 Å². The van der Waals surface area contributed by atoms with Crippen molar-refractivity contribution in [3.8, 4) is 11.4 Å². The van der Waals surface area contributed by atoms with Crippen LogP contribution in [0.25, 0.3) is 11.4 Å². The molecule has 0 spiro atoms. The van der Waals surface area contributed by atoms with Crippen LogP contribution >= 0.6 is 0 Å². The third-order valence-electron chi connectivity index (χ3n) is 3.98. The number of nitrogens with zero attached hydrogens (tertiary/aromatic N) is 3. The van der Waals surface area contributed by atoms with Gasteiger partial charge < -0.3 is 9.42 Å². The van der Waals surface area contributed by atoms with E-state index in [1.807, 2.05) is 20.8 Å². The molecule has 0 fully saturated rings. The van der Waals surface area contributed by atoms with E-state index in [1.54, 1.807) is 29.2 Å². The smallest absolute Gasteiger partial charge is 0.338 e. The van der Waals surface area contributed by atoms with E-state index in [0.717, 1.165) is 12.0 Å². The van der Waals surface area contributed by atoms with Crippen LogP contribution in [0.1, 0.15) is 38.6 Å². The lowest BCUT2D eigenvalue weighted by Crippen LogP contribution is -2.34. The Morgan fingerprint density at radius 3 is 2.36 bits per heavy atom. The van der Waals surface area contributed by atoms with Gasteiger partial charge in [-0.3, -0.25) is 4.79 Å². The highest BCUT2D eigenvalue weighted by Crippen LogP contribution is 2.29. The molecule has 0 aliphatic carbocycles. The highest BCUT2D eigenvalue weighted by Gasteiger charge is 2.38. The fourth-order valence-corrected chi connectivity index (χ4v) is 2.27. The first kappa shape index (κ1) is 19.0. The molecule has 1 amide bonds. The van der Waals surface area contributed by atoms with Gasteiger partial charge in [0.05, 0.1) is 0 Å². The van der Waals surface area contributed by atoms with Gasteiger partial charge in [-0.2, -0.15) is 18.2 Å². The van der Waals surface area contributed by atoms with Gasteiger partial charge in [0.1, 0.15) is 0 Å². The normalized spacial score (nSPS) is 12.9. The summed E-state index contributed by atoms with van der Waals surface area (Å²) < 4.78 is 41.7. The monoisotopic (exact) mass is 355 g/mol. The standard InChI is InChI=1S/C17H20F3N3O2/c1-4-11(3)15(24)23(5-2)10-12-6-8-13(9-7-12)14-21-16(25-22-14)17(18,19)20/h6-9,11H,4-5,10H2,1-3H3. The summed E-state index contributed by atoms with van der Waals surface area (Å²) in [5.74, 6) is -1.45. The van der Waals surface area contributed by atoms with Crippen molar-refractivity contribution in [2.24, 2.45) is 5.92 Å². The predicted octanol–water partition coefficient (Wildman–Crippen LogP) is 4.15. The minimum Gasteiger partial charge on any atom is -0.338 e. The van der Waals surface area contributed by atoms with Gasteiger partial charge in [-0.25, -0.2) is 0 Å². The fraction of sp³-hybridized carbons (Fsp3) is 0.471. The third-order valence-corrected chi connectivity index (χ3v) is 3.98. The van der Waals surface area contributed by atoms with Crippen LogP contribution in [0.2, 0.25) is 0 Å². The first-order valence-corrected chi connectivity index (χ1v) is 8.05. The molecule has 1 unspecified atom stereocenters. The molecule has 5 nitrogen and oxygen atoms in total. The molecule has 0 saturated heterocycles. The number of benzene rings is 1. The van der Waals surface area contributed by atoms with E-state index in [-0.39, 0.29) is 17.6 Å². The summed E-state index contributed by atoms with van der Waals surface area (Å²) in [5, 5.41) is 3.35. The molecule has 8 heteroatoms. The van der Waals surface area contributed by atoms with E-state index < -0.39 is 12.1 Å². The van der Waals surface area contributed by atoms with Crippen molar-refractivity contribution in [3.63, 3.8) is 0 Å². The van der Waals surface area contributed by atoms with E-state index in [4.69, 9.17) is 0 Å². The number of hydrogen-bond donors (Lipinski definition) is 0. The summed E-state index contributed by atoms with van der Waals surface area (Å²) in [4.78, 5) is 17.4. The molecule has 1 aromatic carbocycles. The van der Waals surface area contributed by atoms with E-state index >= 15 is 0 Å². The number of amides is 1. The molecule has 0 saturated carbocycles. The summed E-state index contributed by atoms with van der Waals surface area (Å²) in [6.07, 6.45) is -3.89. The largest absolute Gasteiger partial charge is 0.471 e. The summed E-state index contributed by atoms with van der Waals surface area (Å²) in [7, 11) is 0. The van der Waals surface area contributed by atoms with Gasteiger partial charge in [-0.05, 0) is 18.9 Å². The van der Waals surface area contributed by atoms with Crippen molar-refractivity contribution >= 4 is 5.91 Å². The molecule has 1 aromatic heterocycles. The van der Waals surface area contributed by atoms with Crippen LogP contribution in [0, 0.1) is 5.92 Å². The Balaban J connectivity index is 2.11. The molecule has 25 heavy (non-hydrogen) atoms. The molecule has 2 rings (SSSR count). The van der Waals surface area contributed by atoms with Crippen molar-refractivity contribution in [1.82, 2.24) is 15.0 Å². The highest BCUT2D eigenvalue weighted by atomic mass is 19.4. The Morgan fingerprint density at radius 1 is 1.24 bits per heavy atom. The van der Waals surface area contributed by atoms with Crippen LogP contribution in [-0.2, 0) is 17.5 Å². The van der Waals surface area contributed by atoms with Gasteiger partial charge in [0.25, 0.3) is 0 Å². The van der Waals surface area contributed by atoms with Crippen LogP contribution in [0.15, 0.2) is 28.8 Å². The van der Waals surface area contributed by atoms with Crippen molar-refractivity contribution in [2.45, 2.75) is 39.9 Å². The second-order valence-electron chi connectivity index (χ2n) is 5.78. The van der Waals surface area contributed by atoms with Crippen molar-refractivity contribution in [3.05, 3.63) is 35.7 Å². The van der Waals surface area contributed by atoms with Crippen LogP contribution in [0.4, 0.5) is 13.2 Å². The minimum absolute atomic E-state index is 0.0423. The molecule has 136 valence electrons. The van der Waals surface area contributed by atoms with Crippen LogP contribution < -0.4 is 0 Å². The molecule has 1 atom stereocenters. The fourth-order valence-electron chi connectivity index (χ4n) is 2.27. The van der Waals surface area contributed by atoms with Gasteiger partial charge in [-0.15, -0.1) is 0 Å². The maximum atomic E-state index is 12.5. The topological polar surface area (TPSA) is 59.2 Å². The lowest BCUT2D eigenvalue weighted by molar-refractivity contribution is -0.159. The number of aromatic nitrogens is 2. The van der Waals surface area contributed by atoms with Gasteiger partial charge >= 0.3 is 12.1 Å². The van der Waals surface area contributed by atoms with Crippen LogP contribution in [-0.4, -0.2) is 27.5 Å². The average Bonchev–Trinajstić information content (AvgIpc) is 3.09. The zero-order valence-electron chi connectivity index (χ0n) is 14.3. The zero-order valence-corrected chi connectivity index (χ0v) is 14.3. The maximum absolute atomic E-state index is 12.5. The second-order valence-corrected chi connectivity index (χ2v) is 5.78. The molecule has 0 aliphatic rings. The number of rotatable bonds is 6. The number of carbonyl (C=O) groups is 1. The Bertz CT molecular complexity index is 711.